The van der Waals surface area contributed by atoms with Crippen molar-refractivity contribution >= 4 is 52.9 Å². The van der Waals surface area contributed by atoms with Crippen LogP contribution in [0.15, 0.2) is 47.2 Å². The van der Waals surface area contributed by atoms with Crippen LogP contribution in [0.4, 0.5) is 5.69 Å². The Bertz CT molecular complexity index is 929. The van der Waals surface area contributed by atoms with Crippen molar-refractivity contribution < 1.29 is 14.1 Å². The number of carbonyl (C=O) groups excluding carboxylic acids is 2. The Labute approximate surface area is 181 Å². The molecule has 0 aliphatic heterocycles. The van der Waals surface area contributed by atoms with Crippen molar-refractivity contribution in [3.05, 3.63) is 58.4 Å². The largest absolute Gasteiger partial charge is 0.346 e. The third-order valence-corrected chi connectivity index (χ3v) is 6.30. The van der Waals surface area contributed by atoms with Crippen molar-refractivity contribution in [2.24, 2.45) is 0 Å². The Hall–Kier alpha value is -2.40. The first-order valence-electron chi connectivity index (χ1n) is 8.68. The van der Waals surface area contributed by atoms with E-state index in [0.29, 0.717) is 25.1 Å². The van der Waals surface area contributed by atoms with Gasteiger partial charge in [-0.15, -0.1) is 22.7 Å². The van der Waals surface area contributed by atoms with Gasteiger partial charge in [0.25, 0.3) is 0 Å². The number of amides is 2. The van der Waals surface area contributed by atoms with Crippen LogP contribution in [-0.4, -0.2) is 40.3 Å². The first-order chi connectivity index (χ1) is 14.1. The quantitative estimate of drug-likeness (QED) is 0.247. The van der Waals surface area contributed by atoms with Crippen LogP contribution in [0.5, 0.6) is 0 Å². The van der Waals surface area contributed by atoms with Crippen molar-refractivity contribution in [3.8, 4) is 9.88 Å². The van der Waals surface area contributed by atoms with E-state index in [-0.39, 0.29) is 18.5 Å². The molecule has 0 aliphatic rings. The number of benzene rings is 1. The van der Waals surface area contributed by atoms with Crippen LogP contribution in [0.1, 0.15) is 17.3 Å². The summed E-state index contributed by atoms with van der Waals surface area (Å²) in [5.41, 5.74) is 2.58. The number of aromatic nitrogens is 1. The van der Waals surface area contributed by atoms with Gasteiger partial charge < -0.3 is 19.5 Å². The van der Waals surface area contributed by atoms with Gasteiger partial charge in [0.2, 0.25) is 12.3 Å². The molecule has 0 fully saturated rings. The summed E-state index contributed by atoms with van der Waals surface area (Å²) in [6, 6.07) is 11.3. The van der Waals surface area contributed by atoms with Crippen molar-refractivity contribution in [2.45, 2.75) is 12.5 Å². The average molecular weight is 449 g/mol. The number of hydrogen-bond acceptors (Lipinski definition) is 8. The number of hydrogen-bond donors (Lipinski definition) is 3. The van der Waals surface area contributed by atoms with E-state index in [1.54, 1.807) is 29.7 Å². The maximum Gasteiger partial charge on any atom is 0.240 e. The van der Waals surface area contributed by atoms with Crippen LogP contribution >= 0.6 is 34.9 Å². The van der Waals surface area contributed by atoms with E-state index in [9.17, 15) is 9.59 Å². The Morgan fingerprint density at radius 2 is 2.10 bits per heavy atom. The second kappa shape index (κ2) is 10.4. The molecule has 29 heavy (non-hydrogen) atoms. The van der Waals surface area contributed by atoms with Crippen LogP contribution in [0, 0.1) is 0 Å². The number of likely N-dealkylation sites (N-methyl/N-ethyl adjacent to an activating group) is 1. The van der Waals surface area contributed by atoms with Crippen LogP contribution in [0.25, 0.3) is 9.88 Å². The highest BCUT2D eigenvalue weighted by molar-refractivity contribution is 7.95. The number of thiazole rings is 1. The first kappa shape index (κ1) is 21.3. The third kappa shape index (κ3) is 6.04. The van der Waals surface area contributed by atoms with Gasteiger partial charge in [0.15, 0.2) is 0 Å². The molecule has 3 rings (SSSR count). The summed E-state index contributed by atoms with van der Waals surface area (Å²) in [7, 11) is 1.56. The highest BCUT2D eigenvalue weighted by Crippen LogP contribution is 2.30. The van der Waals surface area contributed by atoms with Gasteiger partial charge >= 0.3 is 0 Å². The Balaban J connectivity index is 1.79. The number of thiophene rings is 1. The predicted octanol–water partition coefficient (Wildman–Crippen LogP) is 3.89. The number of nitrogens with zero attached hydrogens (tertiary/aromatic N) is 2. The van der Waals surface area contributed by atoms with Gasteiger partial charge in [0, 0.05) is 18.1 Å². The fourth-order valence-corrected chi connectivity index (χ4v) is 4.62. The van der Waals surface area contributed by atoms with Gasteiger partial charge in [0.1, 0.15) is 17.2 Å². The molecule has 1 aromatic carbocycles. The Kier molecular flexibility index (Phi) is 7.64. The number of anilines is 1. The second-order valence-electron chi connectivity index (χ2n) is 6.29. The monoisotopic (exact) mass is 448 g/mol. The molecule has 1 unspecified atom stereocenters. The van der Waals surface area contributed by atoms with Gasteiger partial charge in [0.05, 0.1) is 23.2 Å². The molecule has 7 nitrogen and oxygen atoms in total. The summed E-state index contributed by atoms with van der Waals surface area (Å²) in [6.45, 7) is -0.0154. The van der Waals surface area contributed by atoms with Gasteiger partial charge in [-0.25, -0.2) is 4.98 Å². The van der Waals surface area contributed by atoms with E-state index in [1.807, 2.05) is 47.2 Å². The van der Waals surface area contributed by atoms with E-state index in [2.05, 4.69) is 10.0 Å². The zero-order valence-corrected chi connectivity index (χ0v) is 18.0. The SMILES string of the molecule is CN(C=O)CC(=O)NC(Cc1ccc(NSO)cc1)c1csc(-c2cccs2)n1. The molecular formula is C19H20N4O3S3. The topological polar surface area (TPSA) is 94.6 Å². The molecule has 2 amide bonds. The van der Waals surface area contributed by atoms with Crippen molar-refractivity contribution in [1.82, 2.24) is 15.2 Å². The van der Waals surface area contributed by atoms with Gasteiger partial charge in [-0.3, -0.25) is 9.59 Å². The molecule has 3 N–H and O–H groups in total. The summed E-state index contributed by atoms with van der Waals surface area (Å²) in [5, 5.41) is 7.87. The van der Waals surface area contributed by atoms with E-state index in [0.717, 1.165) is 26.8 Å². The molecule has 2 heterocycles. The van der Waals surface area contributed by atoms with E-state index < -0.39 is 0 Å². The molecule has 10 heteroatoms. The average Bonchev–Trinajstić information content (AvgIpc) is 3.40. The van der Waals surface area contributed by atoms with Gasteiger partial charge in [-0.05, 0) is 35.6 Å². The van der Waals surface area contributed by atoms with Crippen LogP contribution in [0.2, 0.25) is 0 Å². The minimum absolute atomic E-state index is 0.0154. The molecule has 0 saturated heterocycles. The highest BCUT2D eigenvalue weighted by Gasteiger charge is 2.20. The molecule has 0 radical (unpaired) electrons. The molecule has 0 saturated carbocycles. The fraction of sp³-hybridized carbons (Fsp3) is 0.211. The zero-order chi connectivity index (χ0) is 20.6. The molecular weight excluding hydrogens is 428 g/mol. The number of nitrogens with one attached hydrogen (secondary N) is 2. The van der Waals surface area contributed by atoms with Gasteiger partial charge in [-0.2, -0.15) is 0 Å². The lowest BCUT2D eigenvalue weighted by molar-refractivity contribution is -0.127. The van der Waals surface area contributed by atoms with Crippen LogP contribution in [0.3, 0.4) is 0 Å². The third-order valence-electron chi connectivity index (χ3n) is 4.08. The molecule has 0 bridgehead atoms. The summed E-state index contributed by atoms with van der Waals surface area (Å²) in [4.78, 5) is 30.3. The Morgan fingerprint density at radius 1 is 1.31 bits per heavy atom. The maximum absolute atomic E-state index is 12.4. The minimum atomic E-state index is -0.321. The zero-order valence-electron chi connectivity index (χ0n) is 15.6. The number of carbonyl (C=O) groups is 2. The summed E-state index contributed by atoms with van der Waals surface area (Å²) >= 11 is 3.71. The predicted molar refractivity (Wildman–Crippen MR) is 119 cm³/mol. The molecule has 1 atom stereocenters. The standard InChI is InChI=1S/C19H20N4O3S3/c1-23(12-24)10-18(25)20-15(9-13-4-6-14(7-5-13)22-29-26)16-11-28-19(21-16)17-3-2-8-27-17/h2-8,11-12,15,22,26H,9-10H2,1H3,(H,20,25). The smallest absolute Gasteiger partial charge is 0.240 e. The van der Waals surface area contributed by atoms with E-state index in [1.165, 1.54) is 4.90 Å². The molecule has 0 spiro atoms. The van der Waals surface area contributed by atoms with Crippen LogP contribution < -0.4 is 10.0 Å². The molecule has 152 valence electrons. The van der Waals surface area contributed by atoms with E-state index in [4.69, 9.17) is 9.54 Å². The van der Waals surface area contributed by atoms with Crippen molar-refractivity contribution in [2.75, 3.05) is 18.3 Å². The van der Waals surface area contributed by atoms with E-state index >= 15 is 0 Å². The molecule has 0 aliphatic carbocycles. The first-order valence-corrected chi connectivity index (χ1v) is 11.2. The normalized spacial score (nSPS) is 11.7. The second-order valence-corrected chi connectivity index (χ2v) is 8.48. The molecule has 2 aromatic heterocycles. The number of rotatable bonds is 10. The fourth-order valence-electron chi connectivity index (χ4n) is 2.69. The minimum Gasteiger partial charge on any atom is -0.346 e. The summed E-state index contributed by atoms with van der Waals surface area (Å²) in [6.07, 6.45) is 1.17. The molecule has 3 aromatic rings. The van der Waals surface area contributed by atoms with Crippen molar-refractivity contribution in [1.29, 1.82) is 0 Å². The van der Waals surface area contributed by atoms with Crippen molar-refractivity contribution in [3.63, 3.8) is 0 Å². The summed E-state index contributed by atoms with van der Waals surface area (Å²) < 4.78 is 11.6. The maximum atomic E-state index is 12.4. The highest BCUT2D eigenvalue weighted by atomic mass is 32.2. The Morgan fingerprint density at radius 3 is 2.76 bits per heavy atom. The lowest BCUT2D eigenvalue weighted by atomic mass is 10.0. The van der Waals surface area contributed by atoms with Gasteiger partial charge in [-0.1, -0.05) is 18.2 Å². The lowest BCUT2D eigenvalue weighted by Crippen LogP contribution is -2.37. The summed E-state index contributed by atoms with van der Waals surface area (Å²) in [5.74, 6) is -0.245. The lowest BCUT2D eigenvalue weighted by Gasteiger charge is -2.19. The van der Waals surface area contributed by atoms with Crippen LogP contribution in [-0.2, 0) is 16.0 Å².